The minimum atomic E-state index is -0.568. The summed E-state index contributed by atoms with van der Waals surface area (Å²) in [7, 11) is 1.60. The maximum atomic E-state index is 12.3. The van der Waals surface area contributed by atoms with Gasteiger partial charge in [0.2, 0.25) is 5.91 Å². The monoisotopic (exact) mass is 405 g/mol. The topological polar surface area (TPSA) is 74.3 Å². The molecule has 7 nitrogen and oxygen atoms in total. The number of β-amino-alcohol motifs (C(OH)–C–C–N with tert-alkyl or cyclic N) is 1. The summed E-state index contributed by atoms with van der Waals surface area (Å²) in [6.45, 7) is 4.66. The molecule has 1 saturated carbocycles. The van der Waals surface area contributed by atoms with Crippen LogP contribution in [0.3, 0.4) is 0 Å². The van der Waals surface area contributed by atoms with E-state index in [0.29, 0.717) is 30.6 Å². The molecule has 2 N–H and O–H groups in total. The molecule has 0 spiro atoms. The summed E-state index contributed by atoms with van der Waals surface area (Å²) >= 11 is 0. The lowest BCUT2D eigenvalue weighted by Crippen LogP contribution is -2.52. The van der Waals surface area contributed by atoms with Gasteiger partial charge in [0.15, 0.2) is 11.5 Å². The fourth-order valence-corrected chi connectivity index (χ4v) is 4.13. The molecule has 7 heteroatoms. The molecular formula is C22H35N3O4. The van der Waals surface area contributed by atoms with Crippen LogP contribution >= 0.6 is 0 Å². The Bertz CT molecular complexity index is 628. The van der Waals surface area contributed by atoms with Crippen LogP contribution in [0.2, 0.25) is 0 Å². The van der Waals surface area contributed by atoms with Gasteiger partial charge in [0.25, 0.3) is 0 Å². The van der Waals surface area contributed by atoms with Crippen molar-refractivity contribution in [2.24, 2.45) is 0 Å². The standard InChI is InChI=1S/C22H35N3O4/c1-28-20-9-5-6-10-21(20)29-17-19(26)15-24-11-13-25(14-12-24)16-22(27)23-18-7-3-2-4-8-18/h5-6,9-10,18-19,26H,2-4,7-8,11-17H2,1H3,(H,23,27). The fraction of sp³-hybridized carbons (Fsp3) is 0.682. The van der Waals surface area contributed by atoms with Crippen LogP contribution in [0.1, 0.15) is 32.1 Å². The van der Waals surface area contributed by atoms with Crippen molar-refractivity contribution >= 4 is 5.91 Å². The Morgan fingerprint density at radius 2 is 1.76 bits per heavy atom. The number of aliphatic hydroxyl groups excluding tert-OH is 1. The van der Waals surface area contributed by atoms with Crippen molar-refractivity contribution in [1.82, 2.24) is 15.1 Å². The maximum absolute atomic E-state index is 12.3. The van der Waals surface area contributed by atoms with Crippen LogP contribution in [0.4, 0.5) is 0 Å². The van der Waals surface area contributed by atoms with E-state index in [1.807, 2.05) is 24.3 Å². The van der Waals surface area contributed by atoms with Crippen LogP contribution in [0.25, 0.3) is 0 Å². The lowest BCUT2D eigenvalue weighted by molar-refractivity contribution is -0.123. The van der Waals surface area contributed by atoms with Crippen LogP contribution in [0.5, 0.6) is 11.5 Å². The Morgan fingerprint density at radius 1 is 1.10 bits per heavy atom. The first-order valence-corrected chi connectivity index (χ1v) is 10.8. The minimum Gasteiger partial charge on any atom is -0.493 e. The number of para-hydroxylation sites is 2. The van der Waals surface area contributed by atoms with Gasteiger partial charge >= 0.3 is 0 Å². The highest BCUT2D eigenvalue weighted by atomic mass is 16.5. The van der Waals surface area contributed by atoms with Gasteiger partial charge in [-0.25, -0.2) is 0 Å². The van der Waals surface area contributed by atoms with E-state index in [2.05, 4.69) is 15.1 Å². The lowest BCUT2D eigenvalue weighted by atomic mass is 9.95. The molecule has 1 aliphatic heterocycles. The van der Waals surface area contributed by atoms with Crippen LogP contribution in [0, 0.1) is 0 Å². The first kappa shape index (κ1) is 21.9. The Balaban J connectivity index is 1.32. The molecule has 1 heterocycles. The number of nitrogens with zero attached hydrogens (tertiary/aromatic N) is 2. The van der Waals surface area contributed by atoms with Gasteiger partial charge < -0.3 is 19.9 Å². The Hall–Kier alpha value is -1.83. The number of hydrogen-bond donors (Lipinski definition) is 2. The molecule has 1 amide bonds. The summed E-state index contributed by atoms with van der Waals surface area (Å²) in [5, 5.41) is 13.5. The van der Waals surface area contributed by atoms with Crippen LogP contribution in [0.15, 0.2) is 24.3 Å². The molecule has 162 valence electrons. The van der Waals surface area contributed by atoms with Gasteiger partial charge in [-0.3, -0.25) is 14.6 Å². The van der Waals surface area contributed by atoms with Crippen LogP contribution in [-0.2, 0) is 4.79 Å². The summed E-state index contributed by atoms with van der Waals surface area (Å²) in [6.07, 6.45) is 5.42. The number of hydrogen-bond acceptors (Lipinski definition) is 6. The second kappa shape index (κ2) is 11.4. The van der Waals surface area contributed by atoms with E-state index in [9.17, 15) is 9.90 Å². The van der Waals surface area contributed by atoms with E-state index in [1.165, 1.54) is 19.3 Å². The molecule has 1 aromatic carbocycles. The molecule has 1 aliphatic carbocycles. The van der Waals surface area contributed by atoms with Gasteiger partial charge in [-0.2, -0.15) is 0 Å². The predicted octanol–water partition coefficient (Wildman–Crippen LogP) is 1.50. The average molecular weight is 406 g/mol. The van der Waals surface area contributed by atoms with Crippen molar-refractivity contribution in [3.05, 3.63) is 24.3 Å². The zero-order valence-electron chi connectivity index (χ0n) is 17.5. The molecule has 3 rings (SSSR count). The molecule has 29 heavy (non-hydrogen) atoms. The highest BCUT2D eigenvalue weighted by Gasteiger charge is 2.22. The number of methoxy groups -OCH3 is 1. The van der Waals surface area contributed by atoms with E-state index >= 15 is 0 Å². The first-order chi connectivity index (χ1) is 14.1. The number of piperazine rings is 1. The van der Waals surface area contributed by atoms with Gasteiger partial charge in [0.05, 0.1) is 13.7 Å². The van der Waals surface area contributed by atoms with Gasteiger partial charge in [0.1, 0.15) is 12.7 Å². The van der Waals surface area contributed by atoms with E-state index in [-0.39, 0.29) is 12.5 Å². The molecule has 0 radical (unpaired) electrons. The normalized spacial score (nSPS) is 20.2. The van der Waals surface area contributed by atoms with Gasteiger partial charge in [-0.1, -0.05) is 31.4 Å². The largest absolute Gasteiger partial charge is 0.493 e. The Labute approximate surface area is 174 Å². The number of nitrogens with one attached hydrogen (secondary N) is 1. The molecule has 1 unspecified atom stereocenters. The Morgan fingerprint density at radius 3 is 2.45 bits per heavy atom. The Kier molecular flexibility index (Phi) is 8.58. The minimum absolute atomic E-state index is 0.149. The van der Waals surface area contributed by atoms with E-state index in [1.54, 1.807) is 7.11 Å². The zero-order valence-corrected chi connectivity index (χ0v) is 17.5. The summed E-state index contributed by atoms with van der Waals surface area (Å²) in [4.78, 5) is 16.7. The highest BCUT2D eigenvalue weighted by Crippen LogP contribution is 2.25. The average Bonchev–Trinajstić information content (AvgIpc) is 2.74. The number of benzene rings is 1. The number of carbonyl (C=O) groups is 1. The molecule has 2 aliphatic rings. The summed E-state index contributed by atoms with van der Waals surface area (Å²) in [5.74, 6) is 1.46. The smallest absolute Gasteiger partial charge is 0.234 e. The highest BCUT2D eigenvalue weighted by molar-refractivity contribution is 5.78. The number of aliphatic hydroxyl groups is 1. The predicted molar refractivity (Wildman–Crippen MR) is 112 cm³/mol. The van der Waals surface area contributed by atoms with Crippen molar-refractivity contribution in [1.29, 1.82) is 0 Å². The molecule has 0 aromatic heterocycles. The van der Waals surface area contributed by atoms with E-state index in [4.69, 9.17) is 9.47 Å². The fourth-order valence-electron chi connectivity index (χ4n) is 4.13. The zero-order chi connectivity index (χ0) is 20.5. The van der Waals surface area contributed by atoms with Crippen molar-refractivity contribution in [2.75, 3.05) is 53.0 Å². The summed E-state index contributed by atoms with van der Waals surface area (Å²) in [5.41, 5.74) is 0. The molecular weight excluding hydrogens is 370 g/mol. The maximum Gasteiger partial charge on any atom is 0.234 e. The molecule has 1 atom stereocenters. The van der Waals surface area contributed by atoms with Gasteiger partial charge in [0, 0.05) is 38.8 Å². The molecule has 2 fully saturated rings. The first-order valence-electron chi connectivity index (χ1n) is 10.8. The van der Waals surface area contributed by atoms with Crippen molar-refractivity contribution in [2.45, 2.75) is 44.2 Å². The van der Waals surface area contributed by atoms with Crippen molar-refractivity contribution < 1.29 is 19.4 Å². The van der Waals surface area contributed by atoms with Crippen molar-refractivity contribution in [3.8, 4) is 11.5 Å². The quantitative estimate of drug-likeness (QED) is 0.649. The van der Waals surface area contributed by atoms with Gasteiger partial charge in [-0.05, 0) is 25.0 Å². The molecule has 0 bridgehead atoms. The van der Waals surface area contributed by atoms with Crippen LogP contribution < -0.4 is 14.8 Å². The molecule has 1 saturated heterocycles. The third-order valence-corrected chi connectivity index (χ3v) is 5.77. The van der Waals surface area contributed by atoms with E-state index in [0.717, 1.165) is 39.0 Å². The lowest BCUT2D eigenvalue weighted by Gasteiger charge is -2.35. The summed E-state index contributed by atoms with van der Waals surface area (Å²) < 4.78 is 11.0. The second-order valence-electron chi connectivity index (χ2n) is 8.09. The third kappa shape index (κ3) is 7.17. The molecule has 1 aromatic rings. The van der Waals surface area contributed by atoms with Crippen LogP contribution in [-0.4, -0.2) is 85.9 Å². The van der Waals surface area contributed by atoms with E-state index < -0.39 is 6.10 Å². The number of ether oxygens (including phenoxy) is 2. The number of carbonyl (C=O) groups excluding carboxylic acids is 1. The van der Waals surface area contributed by atoms with Crippen molar-refractivity contribution in [3.63, 3.8) is 0 Å². The second-order valence-corrected chi connectivity index (χ2v) is 8.09. The van der Waals surface area contributed by atoms with Gasteiger partial charge in [-0.15, -0.1) is 0 Å². The third-order valence-electron chi connectivity index (χ3n) is 5.77. The SMILES string of the molecule is COc1ccccc1OCC(O)CN1CCN(CC(=O)NC2CCCCC2)CC1. The number of amides is 1. The summed E-state index contributed by atoms with van der Waals surface area (Å²) in [6, 6.07) is 7.81. The number of rotatable bonds is 9.